The summed E-state index contributed by atoms with van der Waals surface area (Å²) in [7, 11) is 0. The van der Waals surface area contributed by atoms with Crippen molar-refractivity contribution < 1.29 is 0 Å². The lowest BCUT2D eigenvalue weighted by Gasteiger charge is -2.11. The average Bonchev–Trinajstić information content (AvgIpc) is 3.07. The Morgan fingerprint density at radius 3 is 1.21 bits per heavy atom. The molecule has 0 aliphatic rings. The van der Waals surface area contributed by atoms with Crippen LogP contribution in [0.5, 0.6) is 0 Å². The Morgan fingerprint density at radius 2 is 0.548 bits per heavy atom. The minimum Gasteiger partial charge on any atom is -0.0616 e. The van der Waals surface area contributed by atoms with Crippen LogP contribution in [0, 0.1) is 0 Å². The lowest BCUT2D eigenvalue weighted by atomic mass is 9.93. The second kappa shape index (κ2) is 9.03. The Kier molecular flexibility index (Phi) is 5.00. The van der Waals surface area contributed by atoms with Gasteiger partial charge in [0.25, 0.3) is 0 Å². The Balaban J connectivity index is 1.12. The third-order valence-corrected chi connectivity index (χ3v) is 9.00. The lowest BCUT2D eigenvalue weighted by molar-refractivity contribution is 1.66. The molecule has 0 heterocycles. The zero-order valence-electron chi connectivity index (χ0n) is 23.0. The fourth-order valence-electron chi connectivity index (χ4n) is 6.80. The highest BCUT2D eigenvalue weighted by atomic mass is 14.1. The van der Waals surface area contributed by atoms with Gasteiger partial charge in [0.15, 0.2) is 0 Å². The molecule has 42 heavy (non-hydrogen) atoms. The summed E-state index contributed by atoms with van der Waals surface area (Å²) >= 11 is 0. The molecule has 0 amide bonds. The summed E-state index contributed by atoms with van der Waals surface area (Å²) in [6, 6.07) is 58.2. The minimum atomic E-state index is 1.24. The van der Waals surface area contributed by atoms with Gasteiger partial charge in [-0.2, -0.15) is 0 Å². The molecule has 194 valence electrons. The van der Waals surface area contributed by atoms with Gasteiger partial charge in [0.05, 0.1) is 0 Å². The van der Waals surface area contributed by atoms with Gasteiger partial charge in [-0.05, 0) is 111 Å². The first kappa shape index (κ1) is 23.3. The third-order valence-electron chi connectivity index (χ3n) is 9.00. The molecule has 0 radical (unpaired) electrons. The molecule has 0 bridgehead atoms. The molecule has 0 heteroatoms. The van der Waals surface area contributed by atoms with Crippen LogP contribution in [0.4, 0.5) is 0 Å². The van der Waals surface area contributed by atoms with Crippen LogP contribution in [0.15, 0.2) is 158 Å². The summed E-state index contributed by atoms with van der Waals surface area (Å²) < 4.78 is 0. The molecular weight excluding hydrogens is 504 g/mol. The molecule has 0 saturated carbocycles. The molecule has 0 aliphatic heterocycles. The molecule has 0 spiro atoms. The van der Waals surface area contributed by atoms with Crippen molar-refractivity contribution in [2.75, 3.05) is 0 Å². The lowest BCUT2D eigenvalue weighted by Crippen LogP contribution is -1.85. The monoisotopic (exact) mass is 530 g/mol. The van der Waals surface area contributed by atoms with Crippen molar-refractivity contribution >= 4 is 64.6 Å². The van der Waals surface area contributed by atoms with Crippen LogP contribution in [-0.2, 0) is 0 Å². The van der Waals surface area contributed by atoms with Crippen LogP contribution in [-0.4, -0.2) is 0 Å². The number of fused-ring (bicyclic) bond motifs is 9. The summed E-state index contributed by atoms with van der Waals surface area (Å²) in [5, 5.41) is 15.5. The van der Waals surface area contributed by atoms with E-state index in [0.29, 0.717) is 0 Å². The molecule has 0 atom stereocenters. The third kappa shape index (κ3) is 3.62. The topological polar surface area (TPSA) is 0 Å². The van der Waals surface area contributed by atoms with E-state index < -0.39 is 0 Å². The summed E-state index contributed by atoms with van der Waals surface area (Å²) in [6.45, 7) is 0. The smallest absolute Gasteiger partial charge is 0.00987 e. The maximum absolute atomic E-state index is 2.36. The fourth-order valence-corrected chi connectivity index (χ4v) is 6.80. The van der Waals surface area contributed by atoms with E-state index in [1.807, 2.05) is 0 Å². The van der Waals surface area contributed by atoms with E-state index in [4.69, 9.17) is 0 Å². The number of hydrogen-bond donors (Lipinski definition) is 0. The van der Waals surface area contributed by atoms with Crippen molar-refractivity contribution in [1.82, 2.24) is 0 Å². The Morgan fingerprint density at radius 1 is 0.190 bits per heavy atom. The number of rotatable bonds is 2. The van der Waals surface area contributed by atoms with Gasteiger partial charge < -0.3 is 0 Å². The quantitative estimate of drug-likeness (QED) is 0.195. The molecule has 9 aromatic rings. The normalized spacial score (nSPS) is 11.8. The second-order valence-corrected chi connectivity index (χ2v) is 11.4. The van der Waals surface area contributed by atoms with Gasteiger partial charge in [-0.25, -0.2) is 0 Å². The molecule has 9 rings (SSSR count). The van der Waals surface area contributed by atoms with E-state index in [9.17, 15) is 0 Å². The van der Waals surface area contributed by atoms with Gasteiger partial charge in [-0.15, -0.1) is 0 Å². The maximum atomic E-state index is 2.36. The van der Waals surface area contributed by atoms with E-state index >= 15 is 0 Å². The van der Waals surface area contributed by atoms with Crippen molar-refractivity contribution in [3.8, 4) is 22.3 Å². The molecule has 9 aromatic carbocycles. The first-order valence-electron chi connectivity index (χ1n) is 14.6. The molecule has 0 nitrogen and oxygen atoms in total. The summed E-state index contributed by atoms with van der Waals surface area (Å²) in [5.74, 6) is 0. The molecular formula is C42H26. The molecule has 0 saturated heterocycles. The van der Waals surface area contributed by atoms with E-state index in [1.165, 1.54) is 86.9 Å². The summed E-state index contributed by atoms with van der Waals surface area (Å²) in [4.78, 5) is 0. The number of benzene rings is 9. The van der Waals surface area contributed by atoms with Gasteiger partial charge >= 0.3 is 0 Å². The first-order chi connectivity index (χ1) is 20.8. The van der Waals surface area contributed by atoms with E-state index in [0.717, 1.165) is 0 Å². The molecule has 0 unspecified atom stereocenters. The Labute approximate surface area is 244 Å². The zero-order chi connectivity index (χ0) is 27.6. The van der Waals surface area contributed by atoms with Crippen LogP contribution < -0.4 is 0 Å². The summed E-state index contributed by atoms with van der Waals surface area (Å²) in [6.07, 6.45) is 0. The highest BCUT2D eigenvalue weighted by molar-refractivity contribution is 6.18. The van der Waals surface area contributed by atoms with E-state index in [2.05, 4.69) is 158 Å². The van der Waals surface area contributed by atoms with Gasteiger partial charge in [0.2, 0.25) is 0 Å². The van der Waals surface area contributed by atoms with Gasteiger partial charge in [0.1, 0.15) is 0 Å². The Bertz CT molecular complexity index is 2510. The predicted molar refractivity (Wildman–Crippen MR) is 182 cm³/mol. The number of hydrogen-bond acceptors (Lipinski definition) is 0. The van der Waals surface area contributed by atoms with Gasteiger partial charge in [0, 0.05) is 0 Å². The average molecular weight is 531 g/mol. The first-order valence-corrected chi connectivity index (χ1v) is 14.6. The zero-order valence-corrected chi connectivity index (χ0v) is 23.0. The van der Waals surface area contributed by atoms with Gasteiger partial charge in [-0.3, -0.25) is 0 Å². The van der Waals surface area contributed by atoms with Crippen LogP contribution >= 0.6 is 0 Å². The minimum absolute atomic E-state index is 1.24. The molecule has 0 aromatic heterocycles. The SMILES string of the molecule is c1ccc2c(c1)ccc1cc(-c3ccc4cc(-c5ccc6ccc7c8ccccc8ccc7c6c5)ccc4c3)ccc12. The van der Waals surface area contributed by atoms with Crippen LogP contribution in [0.3, 0.4) is 0 Å². The van der Waals surface area contributed by atoms with Crippen molar-refractivity contribution in [3.63, 3.8) is 0 Å². The van der Waals surface area contributed by atoms with Crippen LogP contribution in [0.2, 0.25) is 0 Å². The predicted octanol–water partition coefficient (Wildman–Crippen LogP) is 11.9. The molecule has 0 N–H and O–H groups in total. The van der Waals surface area contributed by atoms with Gasteiger partial charge in [-0.1, -0.05) is 133 Å². The highest BCUT2D eigenvalue weighted by Gasteiger charge is 2.09. The van der Waals surface area contributed by atoms with Crippen LogP contribution in [0.1, 0.15) is 0 Å². The largest absolute Gasteiger partial charge is 0.0616 e. The van der Waals surface area contributed by atoms with Crippen LogP contribution in [0.25, 0.3) is 86.9 Å². The van der Waals surface area contributed by atoms with Crippen molar-refractivity contribution in [2.24, 2.45) is 0 Å². The fraction of sp³-hybridized carbons (Fsp3) is 0. The molecule has 0 fully saturated rings. The summed E-state index contributed by atoms with van der Waals surface area (Å²) in [5.41, 5.74) is 4.98. The van der Waals surface area contributed by atoms with Crippen molar-refractivity contribution in [2.45, 2.75) is 0 Å². The maximum Gasteiger partial charge on any atom is -0.00987 e. The Hall–Kier alpha value is -5.46. The van der Waals surface area contributed by atoms with Crippen molar-refractivity contribution in [1.29, 1.82) is 0 Å². The van der Waals surface area contributed by atoms with E-state index in [1.54, 1.807) is 0 Å². The standard InChI is InChI=1S/C42H26/c1-3-7-37-27(5-1)10-16-36-25-34(19-20-39(36)37)32-13-12-31-24-33(15-14-30(31)23-32)35-11-9-29-18-21-40-38-8-4-2-6-28(38)17-22-41(40)42(29)26-35/h1-26H. The van der Waals surface area contributed by atoms with Crippen molar-refractivity contribution in [3.05, 3.63) is 158 Å². The van der Waals surface area contributed by atoms with E-state index in [-0.39, 0.29) is 0 Å². The molecule has 0 aliphatic carbocycles. The second-order valence-electron chi connectivity index (χ2n) is 11.4. The highest BCUT2D eigenvalue weighted by Crippen LogP contribution is 2.36.